The van der Waals surface area contributed by atoms with Crippen LogP contribution in [0.4, 0.5) is 4.39 Å². The molecule has 1 N–H and O–H groups in total. The van der Waals surface area contributed by atoms with Gasteiger partial charge in [-0.05, 0) is 42.8 Å². The maximum absolute atomic E-state index is 13.2. The van der Waals surface area contributed by atoms with Crippen molar-refractivity contribution >= 4 is 16.8 Å². The highest BCUT2D eigenvalue weighted by molar-refractivity contribution is 5.93. The van der Waals surface area contributed by atoms with Crippen LogP contribution in [0.25, 0.3) is 33.9 Å². The maximum atomic E-state index is 13.2. The van der Waals surface area contributed by atoms with Gasteiger partial charge >= 0.3 is 0 Å². The Kier molecular flexibility index (Phi) is 5.88. The van der Waals surface area contributed by atoms with E-state index in [9.17, 15) is 14.0 Å². The van der Waals surface area contributed by atoms with Crippen LogP contribution in [0.2, 0.25) is 0 Å². The third kappa shape index (κ3) is 4.56. The molecule has 0 spiro atoms. The number of nitrogens with one attached hydrogen (secondary N) is 1. The van der Waals surface area contributed by atoms with Crippen LogP contribution >= 0.6 is 0 Å². The van der Waals surface area contributed by atoms with Gasteiger partial charge in [-0.3, -0.25) is 19.1 Å². The molecular weight excluding hydrogens is 449 g/mol. The SMILES string of the molecule is CC(NC(=O)Cn1c(=O)cc(-c2nc(-c3ccccn3)no2)c2ccccc21)c1ccc(F)cc1. The van der Waals surface area contributed by atoms with Crippen molar-refractivity contribution < 1.29 is 13.7 Å². The van der Waals surface area contributed by atoms with Crippen molar-refractivity contribution in [2.24, 2.45) is 0 Å². The number of rotatable bonds is 6. The van der Waals surface area contributed by atoms with Gasteiger partial charge in [0.15, 0.2) is 0 Å². The lowest BCUT2D eigenvalue weighted by atomic mass is 10.1. The number of benzene rings is 2. The zero-order chi connectivity index (χ0) is 24.4. The molecule has 0 bridgehead atoms. The van der Waals surface area contributed by atoms with Crippen molar-refractivity contribution in [1.29, 1.82) is 0 Å². The van der Waals surface area contributed by atoms with Crippen LogP contribution in [0.15, 0.2) is 88.3 Å². The summed E-state index contributed by atoms with van der Waals surface area (Å²) in [7, 11) is 0. The molecule has 1 amide bonds. The van der Waals surface area contributed by atoms with E-state index in [0.29, 0.717) is 28.0 Å². The minimum absolute atomic E-state index is 0.181. The van der Waals surface area contributed by atoms with Crippen molar-refractivity contribution in [1.82, 2.24) is 25.0 Å². The number of carbonyl (C=O) groups is 1. The minimum atomic E-state index is -0.388. The van der Waals surface area contributed by atoms with Crippen LogP contribution in [0.5, 0.6) is 0 Å². The topological polar surface area (TPSA) is 103 Å². The van der Waals surface area contributed by atoms with Crippen LogP contribution in [0.3, 0.4) is 0 Å². The van der Waals surface area contributed by atoms with E-state index >= 15 is 0 Å². The molecule has 35 heavy (non-hydrogen) atoms. The van der Waals surface area contributed by atoms with E-state index in [2.05, 4.69) is 20.4 Å². The number of amides is 1. The standard InChI is InChI=1S/C26H20FN5O3/c1-16(17-9-11-18(27)12-10-17)29-23(33)15-32-22-8-3-2-6-19(22)20(14-24(32)34)26-30-25(31-35-26)21-7-4-5-13-28-21/h2-14,16H,15H2,1H3,(H,29,33). The van der Waals surface area contributed by atoms with Gasteiger partial charge in [-0.15, -0.1) is 0 Å². The van der Waals surface area contributed by atoms with E-state index in [1.165, 1.54) is 22.8 Å². The van der Waals surface area contributed by atoms with Crippen LogP contribution in [0, 0.1) is 5.82 Å². The van der Waals surface area contributed by atoms with E-state index in [0.717, 1.165) is 5.56 Å². The molecule has 174 valence electrons. The molecule has 5 rings (SSSR count). The van der Waals surface area contributed by atoms with Crippen LogP contribution < -0.4 is 10.9 Å². The zero-order valence-electron chi connectivity index (χ0n) is 18.7. The number of halogens is 1. The number of nitrogens with zero attached hydrogens (tertiary/aromatic N) is 4. The van der Waals surface area contributed by atoms with E-state index < -0.39 is 0 Å². The van der Waals surface area contributed by atoms with Gasteiger partial charge in [0.25, 0.3) is 11.4 Å². The molecule has 8 nitrogen and oxygen atoms in total. The summed E-state index contributed by atoms with van der Waals surface area (Å²) in [5.41, 5.74) is 1.94. The van der Waals surface area contributed by atoms with E-state index in [-0.39, 0.29) is 35.8 Å². The fourth-order valence-corrected chi connectivity index (χ4v) is 3.87. The number of carbonyl (C=O) groups excluding carboxylic acids is 1. The largest absolute Gasteiger partial charge is 0.348 e. The first kappa shape index (κ1) is 22.1. The summed E-state index contributed by atoms with van der Waals surface area (Å²) in [6, 6.07) is 19.5. The van der Waals surface area contributed by atoms with Gasteiger partial charge in [0.2, 0.25) is 11.7 Å². The fourth-order valence-electron chi connectivity index (χ4n) is 3.87. The minimum Gasteiger partial charge on any atom is -0.348 e. The number of para-hydroxylation sites is 1. The number of hydrogen-bond acceptors (Lipinski definition) is 6. The Morgan fingerprint density at radius 2 is 1.86 bits per heavy atom. The van der Waals surface area contributed by atoms with Crippen molar-refractivity contribution in [3.05, 3.63) is 101 Å². The summed E-state index contributed by atoms with van der Waals surface area (Å²) in [5, 5.41) is 7.53. The molecule has 1 atom stereocenters. The maximum Gasteiger partial charge on any atom is 0.259 e. The first-order valence-corrected chi connectivity index (χ1v) is 10.9. The molecule has 9 heteroatoms. The molecule has 0 radical (unpaired) electrons. The molecule has 3 aromatic heterocycles. The molecule has 0 saturated heterocycles. The highest BCUT2D eigenvalue weighted by Gasteiger charge is 2.18. The second-order valence-corrected chi connectivity index (χ2v) is 7.98. The summed E-state index contributed by atoms with van der Waals surface area (Å²) in [5.74, 6) is -0.209. The Morgan fingerprint density at radius 3 is 2.63 bits per heavy atom. The quantitative estimate of drug-likeness (QED) is 0.401. The van der Waals surface area contributed by atoms with E-state index in [1.54, 1.807) is 49.5 Å². The number of fused-ring (bicyclic) bond motifs is 1. The Bertz CT molecular complexity index is 1560. The first-order chi connectivity index (χ1) is 17.0. The van der Waals surface area contributed by atoms with Crippen molar-refractivity contribution in [3.8, 4) is 23.0 Å². The monoisotopic (exact) mass is 469 g/mol. The number of hydrogen-bond donors (Lipinski definition) is 1. The van der Waals surface area contributed by atoms with Crippen LogP contribution in [-0.4, -0.2) is 25.6 Å². The first-order valence-electron chi connectivity index (χ1n) is 10.9. The van der Waals surface area contributed by atoms with Crippen molar-refractivity contribution in [2.45, 2.75) is 19.5 Å². The van der Waals surface area contributed by atoms with Gasteiger partial charge in [-0.1, -0.05) is 41.6 Å². The molecular formula is C26H20FN5O3. The normalized spacial score (nSPS) is 11.9. The third-order valence-corrected chi connectivity index (χ3v) is 5.62. The Balaban J connectivity index is 1.45. The summed E-state index contributed by atoms with van der Waals surface area (Å²) in [6.07, 6.45) is 1.63. The Hall–Kier alpha value is -4.66. The van der Waals surface area contributed by atoms with Crippen LogP contribution in [0.1, 0.15) is 18.5 Å². The molecule has 5 aromatic rings. The van der Waals surface area contributed by atoms with E-state index in [1.807, 2.05) is 18.2 Å². The smallest absolute Gasteiger partial charge is 0.259 e. The van der Waals surface area contributed by atoms with Gasteiger partial charge in [0.1, 0.15) is 18.1 Å². The predicted octanol–water partition coefficient (Wildman–Crippen LogP) is 4.13. The van der Waals surface area contributed by atoms with Gasteiger partial charge in [-0.25, -0.2) is 4.39 Å². The highest BCUT2D eigenvalue weighted by atomic mass is 19.1. The zero-order valence-corrected chi connectivity index (χ0v) is 18.7. The summed E-state index contributed by atoms with van der Waals surface area (Å²) >= 11 is 0. The number of aromatic nitrogens is 4. The lowest BCUT2D eigenvalue weighted by molar-refractivity contribution is -0.122. The van der Waals surface area contributed by atoms with Crippen LogP contribution in [-0.2, 0) is 11.3 Å². The third-order valence-electron chi connectivity index (χ3n) is 5.62. The van der Waals surface area contributed by atoms with Gasteiger partial charge in [-0.2, -0.15) is 4.98 Å². The summed E-state index contributed by atoms with van der Waals surface area (Å²) in [4.78, 5) is 34.5. The van der Waals surface area contributed by atoms with Crippen molar-refractivity contribution in [2.75, 3.05) is 0 Å². The molecule has 2 aromatic carbocycles. The second kappa shape index (κ2) is 9.30. The summed E-state index contributed by atoms with van der Waals surface area (Å²) in [6.45, 7) is 1.61. The molecule has 0 aliphatic rings. The van der Waals surface area contributed by atoms with Gasteiger partial charge < -0.3 is 9.84 Å². The van der Waals surface area contributed by atoms with Gasteiger partial charge in [0.05, 0.1) is 17.1 Å². The Morgan fingerprint density at radius 1 is 1.09 bits per heavy atom. The molecule has 0 saturated carbocycles. The average molecular weight is 469 g/mol. The van der Waals surface area contributed by atoms with Crippen molar-refractivity contribution in [3.63, 3.8) is 0 Å². The number of pyridine rings is 2. The fraction of sp³-hybridized carbons (Fsp3) is 0.115. The highest BCUT2D eigenvalue weighted by Crippen LogP contribution is 2.27. The van der Waals surface area contributed by atoms with Gasteiger partial charge in [0, 0.05) is 17.6 Å². The lowest BCUT2D eigenvalue weighted by Crippen LogP contribution is -2.34. The second-order valence-electron chi connectivity index (χ2n) is 7.98. The molecule has 3 heterocycles. The predicted molar refractivity (Wildman–Crippen MR) is 128 cm³/mol. The van der Waals surface area contributed by atoms with E-state index in [4.69, 9.17) is 4.52 Å². The molecule has 0 fully saturated rings. The average Bonchev–Trinajstić information content (AvgIpc) is 3.37. The Labute approximate surface area is 199 Å². The summed E-state index contributed by atoms with van der Waals surface area (Å²) < 4.78 is 20.0. The molecule has 1 unspecified atom stereocenters. The molecule has 0 aliphatic carbocycles. The lowest BCUT2D eigenvalue weighted by Gasteiger charge is -2.16. The molecule has 0 aliphatic heterocycles.